The molecule has 0 aromatic heterocycles. The molecule has 1 aromatic rings. The van der Waals surface area contributed by atoms with E-state index in [1.807, 2.05) is 25.1 Å². The number of methoxy groups -OCH3 is 1. The molecule has 0 aliphatic heterocycles. The van der Waals surface area contributed by atoms with Crippen molar-refractivity contribution < 1.29 is 4.74 Å². The average Bonchev–Trinajstić information content (AvgIpc) is 2.20. The number of hydrogen-bond donors (Lipinski definition) is 0. The van der Waals surface area contributed by atoms with Crippen molar-refractivity contribution in [3.05, 3.63) is 34.3 Å². The Labute approximate surface area is 91.9 Å². The van der Waals surface area contributed by atoms with E-state index in [1.54, 1.807) is 13.2 Å². The zero-order valence-electron chi connectivity index (χ0n) is 8.04. The Morgan fingerprint density at radius 1 is 1.57 bits per heavy atom. The highest BCUT2D eigenvalue weighted by atomic mass is 79.9. The molecule has 1 aromatic carbocycles. The molecule has 0 heterocycles. The molecule has 0 saturated carbocycles. The predicted octanol–water partition coefficient (Wildman–Crippen LogP) is 3.38. The summed E-state index contributed by atoms with van der Waals surface area (Å²) >= 11 is 3.37. The van der Waals surface area contributed by atoms with Gasteiger partial charge in [0.25, 0.3) is 0 Å². The van der Waals surface area contributed by atoms with Gasteiger partial charge in [-0.05, 0) is 46.6 Å². The van der Waals surface area contributed by atoms with Crippen LogP contribution >= 0.6 is 15.9 Å². The van der Waals surface area contributed by atoms with Crippen LogP contribution in [0.25, 0.3) is 5.57 Å². The van der Waals surface area contributed by atoms with Gasteiger partial charge in [-0.1, -0.05) is 6.08 Å². The summed E-state index contributed by atoms with van der Waals surface area (Å²) in [5, 5.41) is 8.83. The van der Waals surface area contributed by atoms with Crippen molar-refractivity contribution in [1.29, 1.82) is 5.26 Å². The minimum absolute atomic E-state index is 0.661. The van der Waals surface area contributed by atoms with E-state index < -0.39 is 0 Å². The molecule has 0 radical (unpaired) electrons. The monoisotopic (exact) mass is 251 g/mol. The van der Waals surface area contributed by atoms with Gasteiger partial charge in [0, 0.05) is 0 Å². The van der Waals surface area contributed by atoms with E-state index in [0.717, 1.165) is 15.8 Å². The molecule has 0 amide bonds. The van der Waals surface area contributed by atoms with E-state index in [2.05, 4.69) is 22.0 Å². The highest BCUT2D eigenvalue weighted by Gasteiger charge is 2.03. The van der Waals surface area contributed by atoms with Gasteiger partial charge in [0.05, 0.1) is 23.2 Å². The van der Waals surface area contributed by atoms with Crippen LogP contribution in [0.5, 0.6) is 5.75 Å². The minimum Gasteiger partial charge on any atom is -0.496 e. The summed E-state index contributed by atoms with van der Waals surface area (Å²) in [6.45, 7) is 1.84. The Morgan fingerprint density at radius 2 is 2.29 bits per heavy atom. The van der Waals surface area contributed by atoms with Crippen LogP contribution in [0.3, 0.4) is 0 Å². The number of nitriles is 1. The van der Waals surface area contributed by atoms with Crippen molar-refractivity contribution in [2.75, 3.05) is 7.11 Å². The molecule has 0 bridgehead atoms. The molecule has 0 fully saturated rings. The smallest absolute Gasteiger partial charge is 0.133 e. The molecule has 0 N–H and O–H groups in total. The number of halogens is 1. The molecular weight excluding hydrogens is 242 g/mol. The Bertz CT molecular complexity index is 404. The Hall–Kier alpha value is -1.27. The quantitative estimate of drug-likeness (QED) is 0.756. The Balaban J connectivity index is 3.16. The van der Waals surface area contributed by atoms with E-state index in [0.29, 0.717) is 5.57 Å². The topological polar surface area (TPSA) is 33.0 Å². The van der Waals surface area contributed by atoms with Crippen molar-refractivity contribution in [2.45, 2.75) is 6.92 Å². The first-order valence-electron chi connectivity index (χ1n) is 4.13. The lowest BCUT2D eigenvalue weighted by Crippen LogP contribution is -1.86. The summed E-state index contributed by atoms with van der Waals surface area (Å²) < 4.78 is 5.95. The summed E-state index contributed by atoms with van der Waals surface area (Å²) in [4.78, 5) is 0. The van der Waals surface area contributed by atoms with Gasteiger partial charge in [-0.2, -0.15) is 5.26 Å². The van der Waals surface area contributed by atoms with E-state index in [9.17, 15) is 0 Å². The van der Waals surface area contributed by atoms with Gasteiger partial charge in [-0.15, -0.1) is 0 Å². The second-order valence-corrected chi connectivity index (χ2v) is 3.52. The summed E-state index contributed by atoms with van der Waals surface area (Å²) in [7, 11) is 1.61. The van der Waals surface area contributed by atoms with Gasteiger partial charge in [-0.3, -0.25) is 0 Å². The van der Waals surface area contributed by atoms with Crippen LogP contribution in [0.4, 0.5) is 0 Å². The standard InChI is InChI=1S/C11H10BrNO/c1-3-8(7-13)9-4-5-11(14-2)10(12)6-9/h3-6H,1-2H3/b8-3+. The predicted molar refractivity (Wildman–Crippen MR) is 60.0 cm³/mol. The molecule has 0 saturated heterocycles. The minimum atomic E-state index is 0.661. The van der Waals surface area contributed by atoms with Crippen molar-refractivity contribution in [3.8, 4) is 11.8 Å². The zero-order valence-corrected chi connectivity index (χ0v) is 9.63. The highest BCUT2D eigenvalue weighted by Crippen LogP contribution is 2.28. The van der Waals surface area contributed by atoms with E-state index in [1.165, 1.54) is 0 Å². The molecule has 0 aliphatic rings. The van der Waals surface area contributed by atoms with Crippen molar-refractivity contribution in [2.24, 2.45) is 0 Å². The van der Waals surface area contributed by atoms with Gasteiger partial charge in [-0.25, -0.2) is 0 Å². The summed E-state index contributed by atoms with van der Waals surface area (Å²) in [5.74, 6) is 0.766. The molecule has 0 atom stereocenters. The van der Waals surface area contributed by atoms with Gasteiger partial charge in [0.1, 0.15) is 5.75 Å². The SMILES string of the molecule is C/C=C(\C#N)c1ccc(OC)c(Br)c1. The molecule has 1 rings (SSSR count). The van der Waals surface area contributed by atoms with Crippen molar-refractivity contribution in [1.82, 2.24) is 0 Å². The molecule has 14 heavy (non-hydrogen) atoms. The summed E-state index contributed by atoms with van der Waals surface area (Å²) in [6, 6.07) is 7.70. The van der Waals surface area contributed by atoms with Crippen LogP contribution in [0.2, 0.25) is 0 Å². The highest BCUT2D eigenvalue weighted by molar-refractivity contribution is 9.10. The fourth-order valence-corrected chi connectivity index (χ4v) is 1.67. The van der Waals surface area contributed by atoms with Gasteiger partial charge < -0.3 is 4.74 Å². The van der Waals surface area contributed by atoms with Crippen LogP contribution in [0.1, 0.15) is 12.5 Å². The molecule has 0 aliphatic carbocycles. The molecule has 0 unspecified atom stereocenters. The lowest BCUT2D eigenvalue weighted by molar-refractivity contribution is 0.412. The number of ether oxygens (including phenoxy) is 1. The third kappa shape index (κ3) is 2.15. The lowest BCUT2D eigenvalue weighted by Gasteiger charge is -2.04. The first kappa shape index (κ1) is 10.8. The Kier molecular flexibility index (Phi) is 3.73. The molecule has 3 heteroatoms. The van der Waals surface area contributed by atoms with Gasteiger partial charge in [0.15, 0.2) is 0 Å². The lowest BCUT2D eigenvalue weighted by atomic mass is 10.1. The fraction of sp³-hybridized carbons (Fsp3) is 0.182. The Morgan fingerprint density at radius 3 is 2.71 bits per heavy atom. The summed E-state index contributed by atoms with van der Waals surface area (Å²) in [5.41, 5.74) is 1.55. The number of nitrogens with zero attached hydrogens (tertiary/aromatic N) is 1. The maximum Gasteiger partial charge on any atom is 0.133 e. The second kappa shape index (κ2) is 4.83. The van der Waals surface area contributed by atoms with Gasteiger partial charge >= 0.3 is 0 Å². The summed E-state index contributed by atoms with van der Waals surface area (Å²) in [6.07, 6.45) is 1.79. The van der Waals surface area contributed by atoms with Crippen molar-refractivity contribution >= 4 is 21.5 Å². The van der Waals surface area contributed by atoms with E-state index in [-0.39, 0.29) is 0 Å². The number of allylic oxidation sites excluding steroid dienone is 2. The van der Waals surface area contributed by atoms with E-state index in [4.69, 9.17) is 10.00 Å². The third-order valence-corrected chi connectivity index (χ3v) is 2.49. The first-order valence-corrected chi connectivity index (χ1v) is 4.92. The molecule has 0 spiro atoms. The van der Waals surface area contributed by atoms with E-state index >= 15 is 0 Å². The maximum atomic E-state index is 8.83. The van der Waals surface area contributed by atoms with Crippen molar-refractivity contribution in [3.63, 3.8) is 0 Å². The third-order valence-electron chi connectivity index (χ3n) is 1.87. The first-order chi connectivity index (χ1) is 6.72. The number of benzene rings is 1. The van der Waals surface area contributed by atoms with Crippen LogP contribution in [0, 0.1) is 11.3 Å². The van der Waals surface area contributed by atoms with Crippen LogP contribution < -0.4 is 4.74 Å². The fourth-order valence-electron chi connectivity index (χ4n) is 1.13. The second-order valence-electron chi connectivity index (χ2n) is 2.66. The number of hydrogen-bond acceptors (Lipinski definition) is 2. The van der Waals surface area contributed by atoms with Crippen LogP contribution in [-0.2, 0) is 0 Å². The largest absolute Gasteiger partial charge is 0.496 e. The molecule has 2 nitrogen and oxygen atoms in total. The number of rotatable bonds is 2. The van der Waals surface area contributed by atoms with Crippen LogP contribution in [0.15, 0.2) is 28.7 Å². The molecule has 72 valence electrons. The average molecular weight is 252 g/mol. The normalized spacial score (nSPS) is 10.9. The molecular formula is C11H10BrNO. The zero-order chi connectivity index (χ0) is 10.6. The van der Waals surface area contributed by atoms with Gasteiger partial charge in [0.2, 0.25) is 0 Å². The maximum absolute atomic E-state index is 8.83. The van der Waals surface area contributed by atoms with Crippen LogP contribution in [-0.4, -0.2) is 7.11 Å².